The average molecular weight is 506 g/mol. The number of alkyl halides is 3. The number of halogens is 5. The van der Waals surface area contributed by atoms with Gasteiger partial charge in [-0.2, -0.15) is 0 Å². The van der Waals surface area contributed by atoms with Crippen LogP contribution in [0.3, 0.4) is 0 Å². The van der Waals surface area contributed by atoms with E-state index in [1.54, 1.807) is 19.1 Å². The van der Waals surface area contributed by atoms with Crippen LogP contribution in [0.1, 0.15) is 5.56 Å². The second-order valence-corrected chi connectivity index (χ2v) is 11.0. The maximum atomic E-state index is 12.8. The molecule has 0 spiro atoms. The highest BCUT2D eigenvalue weighted by atomic mass is 35.6. The van der Waals surface area contributed by atoms with Crippen LogP contribution in [0.15, 0.2) is 47.4 Å². The second-order valence-electron chi connectivity index (χ2n) is 5.71. The summed E-state index contributed by atoms with van der Waals surface area (Å²) in [7, 11) is -4.19. The van der Waals surface area contributed by atoms with Crippen molar-refractivity contribution in [1.29, 1.82) is 0 Å². The van der Waals surface area contributed by atoms with Gasteiger partial charge in [0.25, 0.3) is 5.91 Å². The van der Waals surface area contributed by atoms with E-state index in [-0.39, 0.29) is 15.7 Å². The third kappa shape index (κ3) is 6.05. The van der Waals surface area contributed by atoms with Crippen LogP contribution in [-0.4, -0.2) is 30.1 Å². The molecule has 152 valence electrons. The van der Waals surface area contributed by atoms with Gasteiger partial charge in [0.05, 0.1) is 9.92 Å². The molecule has 0 aliphatic carbocycles. The van der Waals surface area contributed by atoms with Gasteiger partial charge in [-0.3, -0.25) is 4.79 Å². The fourth-order valence-electron chi connectivity index (χ4n) is 2.12. The Kier molecular flexibility index (Phi) is 7.76. The van der Waals surface area contributed by atoms with Gasteiger partial charge >= 0.3 is 0 Å². The number of amides is 1. The first-order chi connectivity index (χ1) is 12.9. The Morgan fingerprint density at radius 1 is 1.11 bits per heavy atom. The molecule has 2 rings (SSSR count). The molecule has 2 aromatic rings. The molecular weight excluding hydrogens is 492 g/mol. The van der Waals surface area contributed by atoms with Crippen LogP contribution in [0.2, 0.25) is 10.0 Å². The molecular formula is C17H14Cl5NO4S. The Bertz CT molecular complexity index is 959. The Hall–Kier alpha value is -0.890. The number of rotatable bonds is 6. The highest BCUT2D eigenvalue weighted by Gasteiger charge is 2.44. The molecule has 2 aromatic carbocycles. The minimum absolute atomic E-state index is 0.101. The van der Waals surface area contributed by atoms with Gasteiger partial charge in [0.2, 0.25) is 13.6 Å². The average Bonchev–Trinajstić information content (AvgIpc) is 2.58. The van der Waals surface area contributed by atoms with Crippen molar-refractivity contribution in [2.75, 3.05) is 6.61 Å². The topological polar surface area (TPSA) is 72.5 Å². The van der Waals surface area contributed by atoms with Crippen LogP contribution < -0.4 is 10.1 Å². The molecule has 0 heterocycles. The monoisotopic (exact) mass is 503 g/mol. The highest BCUT2D eigenvalue weighted by Crippen LogP contribution is 2.36. The van der Waals surface area contributed by atoms with Crippen LogP contribution >= 0.6 is 58.0 Å². The first kappa shape index (κ1) is 23.4. The van der Waals surface area contributed by atoms with E-state index in [0.717, 1.165) is 5.56 Å². The molecule has 0 aromatic heterocycles. The summed E-state index contributed by atoms with van der Waals surface area (Å²) in [5.74, 6) is -0.633. The largest absolute Gasteiger partial charge is 0.482 e. The molecule has 0 bridgehead atoms. The summed E-state index contributed by atoms with van der Waals surface area (Å²) in [6, 6.07) is 10.3. The van der Waals surface area contributed by atoms with E-state index in [1.165, 1.54) is 30.3 Å². The molecule has 1 N–H and O–H groups in total. The van der Waals surface area contributed by atoms with Gasteiger partial charge in [0, 0.05) is 5.02 Å². The van der Waals surface area contributed by atoms with E-state index in [0.29, 0.717) is 5.02 Å². The predicted octanol–water partition coefficient (Wildman–Crippen LogP) is 4.97. The zero-order valence-electron chi connectivity index (χ0n) is 14.3. The molecule has 0 saturated heterocycles. The Morgan fingerprint density at radius 2 is 1.71 bits per heavy atom. The lowest BCUT2D eigenvalue weighted by Crippen LogP contribution is -2.50. The minimum atomic E-state index is -4.19. The van der Waals surface area contributed by atoms with Gasteiger partial charge in [-0.25, -0.2) is 8.42 Å². The van der Waals surface area contributed by atoms with Crippen LogP contribution in [0, 0.1) is 6.92 Å². The first-order valence-electron chi connectivity index (χ1n) is 7.66. The molecule has 28 heavy (non-hydrogen) atoms. The van der Waals surface area contributed by atoms with Gasteiger partial charge < -0.3 is 10.1 Å². The zero-order valence-corrected chi connectivity index (χ0v) is 18.9. The van der Waals surface area contributed by atoms with Crippen LogP contribution in [0.25, 0.3) is 0 Å². The van der Waals surface area contributed by atoms with Gasteiger partial charge in [0.1, 0.15) is 5.75 Å². The summed E-state index contributed by atoms with van der Waals surface area (Å²) in [6.45, 7) is 1.24. The number of carbonyl (C=O) groups is 1. The van der Waals surface area contributed by atoms with E-state index in [4.69, 9.17) is 62.7 Å². The summed E-state index contributed by atoms with van der Waals surface area (Å²) in [5, 5.41) is 0.942. The van der Waals surface area contributed by atoms with Crippen molar-refractivity contribution in [3.63, 3.8) is 0 Å². The number of carbonyl (C=O) groups excluding carboxylic acids is 1. The second kappa shape index (κ2) is 9.28. The number of ether oxygens (including phenoxy) is 1. The molecule has 0 radical (unpaired) electrons. The lowest BCUT2D eigenvalue weighted by molar-refractivity contribution is -0.123. The van der Waals surface area contributed by atoms with E-state index >= 15 is 0 Å². The molecule has 1 amide bonds. The van der Waals surface area contributed by atoms with Crippen molar-refractivity contribution in [1.82, 2.24) is 5.32 Å². The fraction of sp³-hybridized carbons (Fsp3) is 0.235. The van der Waals surface area contributed by atoms with E-state index in [9.17, 15) is 13.2 Å². The zero-order chi connectivity index (χ0) is 21.1. The Morgan fingerprint density at radius 3 is 2.25 bits per heavy atom. The number of sulfone groups is 1. The summed E-state index contributed by atoms with van der Waals surface area (Å²) < 4.78 is 28.6. The van der Waals surface area contributed by atoms with Crippen LogP contribution in [0.5, 0.6) is 5.75 Å². The fourth-order valence-corrected chi connectivity index (χ4v) is 5.23. The van der Waals surface area contributed by atoms with Crippen molar-refractivity contribution in [3.05, 3.63) is 58.1 Å². The normalized spacial score (nSPS) is 13.1. The smallest absolute Gasteiger partial charge is 0.259 e. The van der Waals surface area contributed by atoms with Crippen LogP contribution in [0.4, 0.5) is 0 Å². The summed E-state index contributed by atoms with van der Waals surface area (Å²) in [4.78, 5) is 12.1. The molecule has 5 nitrogen and oxygen atoms in total. The van der Waals surface area contributed by atoms with E-state index in [1.807, 2.05) is 0 Å². The van der Waals surface area contributed by atoms with Crippen molar-refractivity contribution >= 4 is 73.7 Å². The molecule has 0 aliphatic heterocycles. The maximum absolute atomic E-state index is 12.8. The maximum Gasteiger partial charge on any atom is 0.259 e. The molecule has 0 aliphatic rings. The quantitative estimate of drug-likeness (QED) is 0.563. The third-order valence-corrected chi connectivity index (χ3v) is 7.10. The van der Waals surface area contributed by atoms with Crippen molar-refractivity contribution in [3.8, 4) is 5.75 Å². The SMILES string of the molecule is Cc1ccc(S(=O)(=O)[C@H](NC(=O)COc2ccc(Cl)cc2Cl)C(Cl)(Cl)Cl)cc1. The van der Waals surface area contributed by atoms with Gasteiger partial charge in [-0.1, -0.05) is 75.7 Å². The van der Waals surface area contributed by atoms with Crippen molar-refractivity contribution in [2.45, 2.75) is 21.0 Å². The van der Waals surface area contributed by atoms with Gasteiger partial charge in [0.15, 0.2) is 12.0 Å². The van der Waals surface area contributed by atoms with Crippen molar-refractivity contribution in [2.24, 2.45) is 0 Å². The summed E-state index contributed by atoms with van der Waals surface area (Å²) >= 11 is 29.2. The van der Waals surface area contributed by atoms with E-state index in [2.05, 4.69) is 5.32 Å². The molecule has 0 fully saturated rings. The summed E-state index contributed by atoms with van der Waals surface area (Å²) in [6.07, 6.45) is 0. The molecule has 1 atom stereocenters. The third-order valence-electron chi connectivity index (χ3n) is 3.50. The van der Waals surface area contributed by atoms with Gasteiger partial charge in [-0.15, -0.1) is 0 Å². The minimum Gasteiger partial charge on any atom is -0.482 e. The molecule has 0 saturated carbocycles. The van der Waals surface area contributed by atoms with Gasteiger partial charge in [-0.05, 0) is 37.3 Å². The van der Waals surface area contributed by atoms with Crippen molar-refractivity contribution < 1.29 is 17.9 Å². The number of nitrogens with one attached hydrogen (secondary N) is 1. The number of aryl methyl sites for hydroxylation is 1. The van der Waals surface area contributed by atoms with Crippen LogP contribution in [-0.2, 0) is 14.6 Å². The predicted molar refractivity (Wildman–Crippen MR) is 113 cm³/mol. The lowest BCUT2D eigenvalue weighted by atomic mass is 10.2. The highest BCUT2D eigenvalue weighted by molar-refractivity contribution is 7.92. The van der Waals surface area contributed by atoms with E-state index < -0.39 is 31.5 Å². The summed E-state index contributed by atoms with van der Waals surface area (Å²) in [5.41, 5.74) is 0.849. The first-order valence-corrected chi connectivity index (χ1v) is 11.1. The molecule has 11 heteroatoms. The molecule has 0 unspecified atom stereocenters. The number of hydrogen-bond donors (Lipinski definition) is 1. The Labute approximate surface area is 187 Å². The standard InChI is InChI=1S/C17H14Cl5NO4S/c1-10-2-5-12(6-3-10)28(25,26)16(17(20,21)22)23-15(24)9-27-14-7-4-11(18)8-13(14)19/h2-8,16H,9H2,1H3,(H,23,24)/t16-/m0/s1. The number of benzene rings is 2. The number of hydrogen-bond acceptors (Lipinski definition) is 4. The lowest BCUT2D eigenvalue weighted by Gasteiger charge is -2.25. The Balaban J connectivity index is 2.17.